The van der Waals surface area contributed by atoms with Crippen molar-refractivity contribution >= 4 is 17.6 Å². The van der Waals surface area contributed by atoms with Gasteiger partial charge in [-0.3, -0.25) is 4.79 Å². The lowest BCUT2D eigenvalue weighted by molar-refractivity contribution is -0.121. The van der Waals surface area contributed by atoms with Crippen molar-refractivity contribution in [2.24, 2.45) is 11.8 Å². The van der Waals surface area contributed by atoms with E-state index in [4.69, 9.17) is 5.11 Å². The van der Waals surface area contributed by atoms with Crippen molar-refractivity contribution in [1.29, 1.82) is 0 Å². The van der Waals surface area contributed by atoms with Crippen LogP contribution in [0.5, 0.6) is 0 Å². The minimum absolute atomic E-state index is 0.0657. The predicted octanol–water partition coefficient (Wildman–Crippen LogP) is 1.18. The van der Waals surface area contributed by atoms with Crippen molar-refractivity contribution in [2.75, 3.05) is 18.4 Å². The Balaban J connectivity index is 2.02. The van der Waals surface area contributed by atoms with Gasteiger partial charge < -0.3 is 15.7 Å². The van der Waals surface area contributed by atoms with Gasteiger partial charge in [-0.15, -0.1) is 0 Å². The summed E-state index contributed by atoms with van der Waals surface area (Å²) in [5.74, 6) is -0.765. The average Bonchev–Trinajstić information content (AvgIpc) is 2.26. The number of carbonyl (C=O) groups is 2. The summed E-state index contributed by atoms with van der Waals surface area (Å²) in [5.41, 5.74) is 0.699. The highest BCUT2D eigenvalue weighted by atomic mass is 16.4. The lowest BCUT2D eigenvalue weighted by Crippen LogP contribution is -2.48. The van der Waals surface area contributed by atoms with Crippen molar-refractivity contribution < 1.29 is 14.7 Å². The number of aromatic carboxylic acids is 1. The van der Waals surface area contributed by atoms with Crippen molar-refractivity contribution in [1.82, 2.24) is 5.32 Å². The maximum atomic E-state index is 11.9. The Labute approximate surface area is 105 Å². The largest absolute Gasteiger partial charge is 0.478 e. The molecule has 1 aromatic carbocycles. The van der Waals surface area contributed by atoms with Gasteiger partial charge in [0.2, 0.25) is 5.91 Å². The highest BCUT2D eigenvalue weighted by Gasteiger charge is 2.28. The topological polar surface area (TPSA) is 78.4 Å². The van der Waals surface area contributed by atoms with Crippen LogP contribution in [0.2, 0.25) is 0 Å². The van der Waals surface area contributed by atoms with Crippen LogP contribution in [-0.2, 0) is 4.79 Å². The maximum Gasteiger partial charge on any atom is 0.335 e. The van der Waals surface area contributed by atoms with E-state index in [9.17, 15) is 9.59 Å². The van der Waals surface area contributed by atoms with Gasteiger partial charge in [-0.05, 0) is 37.2 Å². The second-order valence-electron chi connectivity index (χ2n) is 4.58. The van der Waals surface area contributed by atoms with Crippen LogP contribution in [0, 0.1) is 11.8 Å². The first-order chi connectivity index (χ1) is 8.58. The highest BCUT2D eigenvalue weighted by Crippen LogP contribution is 2.18. The van der Waals surface area contributed by atoms with Gasteiger partial charge >= 0.3 is 5.97 Å². The fraction of sp³-hybridized carbons (Fsp3) is 0.385. The molecular weight excluding hydrogens is 232 g/mol. The van der Waals surface area contributed by atoms with Crippen molar-refractivity contribution in [2.45, 2.75) is 6.92 Å². The number of amides is 1. The predicted molar refractivity (Wildman–Crippen MR) is 67.6 cm³/mol. The van der Waals surface area contributed by atoms with E-state index in [1.807, 2.05) is 6.92 Å². The molecule has 0 aliphatic carbocycles. The van der Waals surface area contributed by atoms with Crippen LogP contribution >= 0.6 is 0 Å². The molecule has 3 N–H and O–H groups in total. The molecule has 2 rings (SSSR count). The molecule has 0 radical (unpaired) electrons. The first-order valence-corrected chi connectivity index (χ1v) is 5.93. The average molecular weight is 248 g/mol. The molecule has 1 aliphatic rings. The molecule has 5 nitrogen and oxygen atoms in total. The number of hydrogen-bond acceptors (Lipinski definition) is 3. The Hall–Kier alpha value is -1.88. The molecule has 1 fully saturated rings. The van der Waals surface area contributed by atoms with E-state index in [2.05, 4.69) is 10.6 Å². The maximum absolute atomic E-state index is 11.9. The number of carboxylic acid groups (broad SMARTS) is 1. The standard InChI is InChI=1S/C13H16N2O3/c1-8(10-6-14-7-10)12(16)15-11-4-2-3-9(5-11)13(17)18/h2-5,8,10,14H,6-7H2,1H3,(H,15,16)(H,17,18). The van der Waals surface area contributed by atoms with Gasteiger partial charge in [-0.25, -0.2) is 4.79 Å². The molecule has 1 aromatic rings. The zero-order valence-corrected chi connectivity index (χ0v) is 10.1. The van der Waals surface area contributed by atoms with E-state index in [0.717, 1.165) is 13.1 Å². The molecular formula is C13H16N2O3. The molecule has 5 heteroatoms. The van der Waals surface area contributed by atoms with Gasteiger partial charge in [0.25, 0.3) is 0 Å². The van der Waals surface area contributed by atoms with Gasteiger partial charge in [-0.1, -0.05) is 13.0 Å². The van der Waals surface area contributed by atoms with Crippen LogP contribution < -0.4 is 10.6 Å². The van der Waals surface area contributed by atoms with Gasteiger partial charge in [0.05, 0.1) is 5.56 Å². The summed E-state index contributed by atoms with van der Waals surface area (Å²) in [6, 6.07) is 6.27. The van der Waals surface area contributed by atoms with E-state index >= 15 is 0 Å². The zero-order valence-electron chi connectivity index (χ0n) is 10.1. The Morgan fingerprint density at radius 1 is 1.44 bits per heavy atom. The van der Waals surface area contributed by atoms with E-state index in [0.29, 0.717) is 11.6 Å². The number of hydrogen-bond donors (Lipinski definition) is 3. The van der Waals surface area contributed by atoms with E-state index in [1.54, 1.807) is 12.1 Å². The first-order valence-electron chi connectivity index (χ1n) is 5.93. The Morgan fingerprint density at radius 3 is 2.72 bits per heavy atom. The SMILES string of the molecule is CC(C(=O)Nc1cccc(C(=O)O)c1)C1CNC1. The molecule has 1 amide bonds. The number of carboxylic acids is 1. The van der Waals surface area contributed by atoms with Crippen LogP contribution in [0.3, 0.4) is 0 Å². The highest BCUT2D eigenvalue weighted by molar-refractivity contribution is 5.95. The third-order valence-electron chi connectivity index (χ3n) is 3.31. The van der Waals surface area contributed by atoms with Crippen LogP contribution in [0.25, 0.3) is 0 Å². The quantitative estimate of drug-likeness (QED) is 0.747. The minimum Gasteiger partial charge on any atom is -0.478 e. The minimum atomic E-state index is -0.998. The number of nitrogens with one attached hydrogen (secondary N) is 2. The van der Waals surface area contributed by atoms with Crippen molar-refractivity contribution in [3.05, 3.63) is 29.8 Å². The summed E-state index contributed by atoms with van der Waals surface area (Å²) in [6.45, 7) is 3.62. The van der Waals surface area contributed by atoms with Crippen LogP contribution in [0.1, 0.15) is 17.3 Å². The molecule has 1 atom stereocenters. The number of carbonyl (C=O) groups excluding carboxylic acids is 1. The second-order valence-corrected chi connectivity index (χ2v) is 4.58. The fourth-order valence-electron chi connectivity index (χ4n) is 1.86. The first kappa shape index (κ1) is 12.6. The molecule has 0 saturated carbocycles. The molecule has 18 heavy (non-hydrogen) atoms. The molecule has 1 aliphatic heterocycles. The number of anilines is 1. The van der Waals surface area contributed by atoms with Crippen LogP contribution in [0.15, 0.2) is 24.3 Å². The number of benzene rings is 1. The smallest absolute Gasteiger partial charge is 0.335 e. The fourth-order valence-corrected chi connectivity index (χ4v) is 1.86. The lowest BCUT2D eigenvalue weighted by atomic mass is 9.88. The lowest BCUT2D eigenvalue weighted by Gasteiger charge is -2.31. The van der Waals surface area contributed by atoms with E-state index < -0.39 is 5.97 Å². The van der Waals surface area contributed by atoms with Crippen LogP contribution in [0.4, 0.5) is 5.69 Å². The summed E-state index contributed by atoms with van der Waals surface area (Å²) in [6.07, 6.45) is 0. The molecule has 1 unspecified atom stereocenters. The molecule has 0 aromatic heterocycles. The summed E-state index contributed by atoms with van der Waals surface area (Å²) >= 11 is 0. The van der Waals surface area contributed by atoms with Gasteiger partial charge in [0.1, 0.15) is 0 Å². The molecule has 96 valence electrons. The summed E-state index contributed by atoms with van der Waals surface area (Å²) in [7, 11) is 0. The molecule has 1 saturated heterocycles. The van der Waals surface area contributed by atoms with Crippen LogP contribution in [-0.4, -0.2) is 30.1 Å². The third-order valence-corrected chi connectivity index (χ3v) is 3.31. The Kier molecular flexibility index (Phi) is 3.62. The van der Waals surface area contributed by atoms with Gasteiger partial charge in [0, 0.05) is 11.6 Å². The summed E-state index contributed by atoms with van der Waals surface area (Å²) in [5, 5.41) is 14.8. The monoisotopic (exact) mass is 248 g/mol. The zero-order chi connectivity index (χ0) is 13.1. The van der Waals surface area contributed by atoms with Gasteiger partial charge in [-0.2, -0.15) is 0 Å². The summed E-state index contributed by atoms with van der Waals surface area (Å²) < 4.78 is 0. The van der Waals surface area contributed by atoms with Gasteiger partial charge in [0.15, 0.2) is 0 Å². The Bertz CT molecular complexity index is 469. The molecule has 0 spiro atoms. The van der Waals surface area contributed by atoms with E-state index in [-0.39, 0.29) is 17.4 Å². The normalized spacial score (nSPS) is 16.7. The molecule has 0 bridgehead atoms. The van der Waals surface area contributed by atoms with Crippen molar-refractivity contribution in [3.63, 3.8) is 0 Å². The second kappa shape index (κ2) is 5.18. The molecule has 1 heterocycles. The Morgan fingerprint density at radius 2 is 2.17 bits per heavy atom. The number of rotatable bonds is 4. The third kappa shape index (κ3) is 2.68. The summed E-state index contributed by atoms with van der Waals surface area (Å²) in [4.78, 5) is 22.8. The van der Waals surface area contributed by atoms with E-state index in [1.165, 1.54) is 12.1 Å². The van der Waals surface area contributed by atoms with Crippen molar-refractivity contribution in [3.8, 4) is 0 Å².